The fourth-order valence-electron chi connectivity index (χ4n) is 1.82. The number of epoxide rings is 2. The van der Waals surface area contributed by atoms with Crippen LogP contribution in [-0.4, -0.2) is 101 Å². The highest BCUT2D eigenvalue weighted by Crippen LogP contribution is 2.12. The molecule has 0 aliphatic carbocycles. The molecule has 136 valence electrons. The third kappa shape index (κ3) is 10.2. The summed E-state index contributed by atoms with van der Waals surface area (Å²) >= 11 is 0. The molecule has 4 unspecified atom stereocenters. The lowest BCUT2D eigenvalue weighted by molar-refractivity contribution is -0.0835. The summed E-state index contributed by atoms with van der Waals surface area (Å²) in [5.74, 6) is 0. The Labute approximate surface area is 136 Å². The van der Waals surface area contributed by atoms with Gasteiger partial charge >= 0.3 is 0 Å². The second-order valence-corrected chi connectivity index (χ2v) is 5.75. The first-order valence-electron chi connectivity index (χ1n) is 8.15. The summed E-state index contributed by atoms with van der Waals surface area (Å²) in [6.07, 6.45) is 0.0905. The van der Waals surface area contributed by atoms with Crippen molar-refractivity contribution in [2.75, 3.05) is 66.1 Å². The van der Waals surface area contributed by atoms with Crippen molar-refractivity contribution in [3.05, 3.63) is 0 Å². The average Bonchev–Trinajstić information content (AvgIpc) is 3.43. The van der Waals surface area contributed by atoms with Crippen molar-refractivity contribution < 1.29 is 38.6 Å². The number of rotatable bonds is 16. The minimum absolute atomic E-state index is 0.0855. The van der Waals surface area contributed by atoms with Crippen molar-refractivity contribution in [2.24, 2.45) is 0 Å². The number of ether oxygens (including phenoxy) is 6. The topological polar surface area (TPSA) is 102 Å². The predicted molar refractivity (Wildman–Crippen MR) is 79.4 cm³/mol. The first-order chi connectivity index (χ1) is 11.3. The Kier molecular flexibility index (Phi) is 9.32. The van der Waals surface area contributed by atoms with Gasteiger partial charge in [-0.15, -0.1) is 0 Å². The zero-order valence-electron chi connectivity index (χ0n) is 13.4. The largest absolute Gasteiger partial charge is 0.396 e. The zero-order valence-corrected chi connectivity index (χ0v) is 13.4. The molecular formula is C15H28O8. The maximum atomic E-state index is 9.73. The van der Waals surface area contributed by atoms with Crippen LogP contribution in [0.4, 0.5) is 0 Å². The molecule has 2 saturated heterocycles. The fourth-order valence-corrected chi connectivity index (χ4v) is 1.82. The summed E-state index contributed by atoms with van der Waals surface area (Å²) in [7, 11) is 0. The maximum Gasteiger partial charge on any atom is 0.104 e. The van der Waals surface area contributed by atoms with Gasteiger partial charge in [0.15, 0.2) is 0 Å². The normalized spacial score (nSPS) is 25.3. The Morgan fingerprint density at radius 3 is 2.26 bits per heavy atom. The van der Waals surface area contributed by atoms with Crippen LogP contribution < -0.4 is 0 Å². The van der Waals surface area contributed by atoms with Crippen LogP contribution in [0.5, 0.6) is 0 Å². The lowest BCUT2D eigenvalue weighted by Crippen LogP contribution is -2.31. The quantitative estimate of drug-likeness (QED) is 0.272. The molecule has 0 amide bonds. The third-order valence-electron chi connectivity index (χ3n) is 3.30. The molecule has 0 aromatic heterocycles. The molecule has 0 bridgehead atoms. The molecule has 0 radical (unpaired) electrons. The first kappa shape index (κ1) is 19.0. The molecule has 0 aromatic rings. The van der Waals surface area contributed by atoms with E-state index in [1.54, 1.807) is 0 Å². The molecular weight excluding hydrogens is 308 g/mol. The predicted octanol–water partition coefficient (Wildman–Crippen LogP) is -1.04. The van der Waals surface area contributed by atoms with Gasteiger partial charge < -0.3 is 38.6 Å². The zero-order chi connectivity index (χ0) is 16.3. The van der Waals surface area contributed by atoms with E-state index in [2.05, 4.69) is 0 Å². The van der Waals surface area contributed by atoms with Crippen LogP contribution in [0.3, 0.4) is 0 Å². The second kappa shape index (κ2) is 11.3. The van der Waals surface area contributed by atoms with Crippen LogP contribution in [0, 0.1) is 0 Å². The van der Waals surface area contributed by atoms with Crippen LogP contribution in [-0.2, 0) is 28.4 Å². The Balaban J connectivity index is 1.50. The van der Waals surface area contributed by atoms with E-state index in [-0.39, 0.29) is 38.1 Å². The minimum Gasteiger partial charge on any atom is -0.396 e. The molecule has 0 aromatic carbocycles. The number of hydrogen-bond acceptors (Lipinski definition) is 8. The van der Waals surface area contributed by atoms with Gasteiger partial charge in [0.25, 0.3) is 0 Å². The van der Waals surface area contributed by atoms with E-state index in [4.69, 9.17) is 33.5 Å². The molecule has 4 atom stereocenters. The van der Waals surface area contributed by atoms with E-state index >= 15 is 0 Å². The maximum absolute atomic E-state index is 9.73. The summed E-state index contributed by atoms with van der Waals surface area (Å²) in [5, 5.41) is 18.4. The molecule has 23 heavy (non-hydrogen) atoms. The van der Waals surface area contributed by atoms with E-state index in [0.717, 1.165) is 13.2 Å². The fraction of sp³-hybridized carbons (Fsp3) is 1.00. The van der Waals surface area contributed by atoms with Gasteiger partial charge in [0.2, 0.25) is 0 Å². The van der Waals surface area contributed by atoms with Gasteiger partial charge in [-0.25, -0.2) is 0 Å². The molecule has 2 aliphatic heterocycles. The van der Waals surface area contributed by atoms with Gasteiger partial charge in [-0.1, -0.05) is 0 Å². The van der Waals surface area contributed by atoms with Crippen LogP contribution in [0.1, 0.15) is 6.42 Å². The van der Waals surface area contributed by atoms with Crippen LogP contribution in [0.2, 0.25) is 0 Å². The van der Waals surface area contributed by atoms with Gasteiger partial charge in [0, 0.05) is 13.2 Å². The van der Waals surface area contributed by atoms with Crippen LogP contribution in [0.25, 0.3) is 0 Å². The molecule has 8 nitrogen and oxygen atoms in total. The molecule has 2 aliphatic rings. The summed E-state index contributed by atoms with van der Waals surface area (Å²) in [6, 6.07) is 0. The SMILES string of the molecule is OCCCOCC(O)COCC(COCC1CO1)OCC1CO1. The summed E-state index contributed by atoms with van der Waals surface area (Å²) in [4.78, 5) is 0. The third-order valence-corrected chi connectivity index (χ3v) is 3.30. The summed E-state index contributed by atoms with van der Waals surface area (Å²) in [5.41, 5.74) is 0. The molecule has 0 spiro atoms. The van der Waals surface area contributed by atoms with Crippen molar-refractivity contribution in [3.8, 4) is 0 Å². The van der Waals surface area contributed by atoms with Crippen molar-refractivity contribution in [1.29, 1.82) is 0 Å². The number of hydrogen-bond donors (Lipinski definition) is 2. The van der Waals surface area contributed by atoms with E-state index in [0.29, 0.717) is 39.5 Å². The second-order valence-electron chi connectivity index (χ2n) is 5.75. The Morgan fingerprint density at radius 2 is 1.57 bits per heavy atom. The lowest BCUT2D eigenvalue weighted by Gasteiger charge is -2.19. The van der Waals surface area contributed by atoms with Gasteiger partial charge in [-0.05, 0) is 6.42 Å². The Morgan fingerprint density at radius 1 is 0.913 bits per heavy atom. The van der Waals surface area contributed by atoms with E-state index in [1.807, 2.05) is 0 Å². The van der Waals surface area contributed by atoms with Crippen molar-refractivity contribution >= 4 is 0 Å². The van der Waals surface area contributed by atoms with Crippen molar-refractivity contribution in [1.82, 2.24) is 0 Å². The highest BCUT2D eigenvalue weighted by Gasteiger charge is 2.26. The van der Waals surface area contributed by atoms with E-state index < -0.39 is 6.10 Å². The van der Waals surface area contributed by atoms with E-state index in [9.17, 15) is 5.11 Å². The molecule has 2 heterocycles. The highest BCUT2D eigenvalue weighted by molar-refractivity contribution is 4.71. The minimum atomic E-state index is -0.693. The Bertz CT molecular complexity index is 295. The molecule has 2 N–H and O–H groups in total. The monoisotopic (exact) mass is 336 g/mol. The summed E-state index contributed by atoms with van der Waals surface area (Å²) < 4.78 is 32.1. The molecule has 0 saturated carbocycles. The van der Waals surface area contributed by atoms with Gasteiger partial charge in [0.1, 0.15) is 24.4 Å². The van der Waals surface area contributed by atoms with Crippen molar-refractivity contribution in [3.63, 3.8) is 0 Å². The highest BCUT2D eigenvalue weighted by atomic mass is 16.6. The van der Waals surface area contributed by atoms with Crippen LogP contribution >= 0.6 is 0 Å². The van der Waals surface area contributed by atoms with Gasteiger partial charge in [-0.3, -0.25) is 0 Å². The number of aliphatic hydroxyl groups is 2. The standard InChI is InChI=1S/C15H28O8/c16-2-1-3-18-4-12(17)5-19-6-13(21-10-15-11-23-15)7-20-8-14-9-22-14/h12-17H,1-11H2. The van der Waals surface area contributed by atoms with Gasteiger partial charge in [-0.2, -0.15) is 0 Å². The van der Waals surface area contributed by atoms with Crippen LogP contribution in [0.15, 0.2) is 0 Å². The van der Waals surface area contributed by atoms with Gasteiger partial charge in [0.05, 0.1) is 52.9 Å². The lowest BCUT2D eigenvalue weighted by atomic mass is 10.3. The smallest absolute Gasteiger partial charge is 0.104 e. The first-order valence-corrected chi connectivity index (χ1v) is 8.15. The number of aliphatic hydroxyl groups excluding tert-OH is 2. The average molecular weight is 336 g/mol. The molecule has 8 heteroatoms. The molecule has 2 rings (SSSR count). The van der Waals surface area contributed by atoms with Crippen molar-refractivity contribution in [2.45, 2.75) is 30.8 Å². The van der Waals surface area contributed by atoms with E-state index in [1.165, 1.54) is 0 Å². The summed E-state index contributed by atoms with van der Waals surface area (Å²) in [6.45, 7) is 4.25. The Hall–Kier alpha value is -0.320. The molecule has 2 fully saturated rings.